The Labute approximate surface area is 76.7 Å². The standard InChI is InChI=1S/C6H6.C4H4N2O/c1-2-4-6-5-3-1;7-4-1-2-5-3-6-4/h1-6H;1-3H,(H,5,6,7). The van der Waals surface area contributed by atoms with Gasteiger partial charge in [-0.2, -0.15) is 0 Å². The summed E-state index contributed by atoms with van der Waals surface area (Å²) in [6.07, 6.45) is 2.76. The lowest BCUT2D eigenvalue weighted by Gasteiger charge is -1.81. The summed E-state index contributed by atoms with van der Waals surface area (Å²) in [5, 5.41) is 8.48. The summed E-state index contributed by atoms with van der Waals surface area (Å²) in [6.45, 7) is 0. The average Bonchev–Trinajstić information content (AvgIpc) is 2.22. The highest BCUT2D eigenvalue weighted by atomic mass is 16.3. The minimum Gasteiger partial charge on any atom is -0.493 e. The number of aromatic nitrogens is 2. The van der Waals surface area contributed by atoms with Gasteiger partial charge >= 0.3 is 0 Å². The van der Waals surface area contributed by atoms with Crippen LogP contribution >= 0.6 is 0 Å². The van der Waals surface area contributed by atoms with Gasteiger partial charge in [-0.3, -0.25) is 0 Å². The predicted octanol–water partition coefficient (Wildman–Crippen LogP) is 1.87. The second kappa shape index (κ2) is 5.71. The van der Waals surface area contributed by atoms with Crippen LogP contribution in [0.15, 0.2) is 55.0 Å². The first kappa shape index (κ1) is 9.19. The molecule has 2 rings (SSSR count). The van der Waals surface area contributed by atoms with Crippen LogP contribution in [0.3, 0.4) is 0 Å². The Kier molecular flexibility index (Phi) is 4.04. The second-order valence-corrected chi connectivity index (χ2v) is 2.22. The number of benzene rings is 1. The molecule has 0 aliphatic heterocycles. The molecule has 3 heteroatoms. The third kappa shape index (κ3) is 4.53. The topological polar surface area (TPSA) is 46.0 Å². The molecule has 1 aromatic heterocycles. The van der Waals surface area contributed by atoms with Gasteiger partial charge in [0.15, 0.2) is 0 Å². The minimum absolute atomic E-state index is 0.00926. The van der Waals surface area contributed by atoms with Crippen molar-refractivity contribution in [3.8, 4) is 5.88 Å². The van der Waals surface area contributed by atoms with E-state index in [2.05, 4.69) is 9.97 Å². The molecule has 0 saturated heterocycles. The Morgan fingerprint density at radius 3 is 1.69 bits per heavy atom. The van der Waals surface area contributed by atoms with Gasteiger partial charge in [-0.05, 0) is 0 Å². The van der Waals surface area contributed by atoms with Gasteiger partial charge in [-0.1, -0.05) is 36.4 Å². The molecule has 2 aromatic rings. The van der Waals surface area contributed by atoms with Crippen molar-refractivity contribution in [1.29, 1.82) is 0 Å². The molecule has 0 radical (unpaired) electrons. The van der Waals surface area contributed by atoms with Crippen molar-refractivity contribution in [2.24, 2.45) is 0 Å². The lowest BCUT2D eigenvalue weighted by atomic mass is 10.4. The van der Waals surface area contributed by atoms with Gasteiger partial charge in [-0.15, -0.1) is 0 Å². The molecular weight excluding hydrogens is 164 g/mol. The van der Waals surface area contributed by atoms with Gasteiger partial charge in [0.2, 0.25) is 5.88 Å². The maximum atomic E-state index is 8.48. The molecule has 13 heavy (non-hydrogen) atoms. The molecule has 3 nitrogen and oxygen atoms in total. The summed E-state index contributed by atoms with van der Waals surface area (Å²) in [4.78, 5) is 7.00. The van der Waals surface area contributed by atoms with Crippen molar-refractivity contribution in [2.75, 3.05) is 0 Å². The van der Waals surface area contributed by atoms with Crippen molar-refractivity contribution >= 4 is 0 Å². The molecule has 0 spiro atoms. The van der Waals surface area contributed by atoms with Crippen molar-refractivity contribution in [1.82, 2.24) is 9.97 Å². The Morgan fingerprint density at radius 2 is 1.46 bits per heavy atom. The number of aromatic hydroxyl groups is 1. The normalized spacial score (nSPS) is 8.31. The van der Waals surface area contributed by atoms with Gasteiger partial charge in [0, 0.05) is 12.3 Å². The number of hydrogen-bond donors (Lipinski definition) is 1. The third-order valence-corrected chi connectivity index (χ3v) is 1.23. The van der Waals surface area contributed by atoms with Gasteiger partial charge in [0.25, 0.3) is 0 Å². The van der Waals surface area contributed by atoms with Crippen LogP contribution in [0.25, 0.3) is 0 Å². The zero-order valence-corrected chi connectivity index (χ0v) is 7.04. The molecule has 1 N–H and O–H groups in total. The molecule has 0 amide bonds. The molecular formula is C10H10N2O. The fourth-order valence-corrected chi connectivity index (χ4v) is 0.669. The summed E-state index contributed by atoms with van der Waals surface area (Å²) >= 11 is 0. The fourth-order valence-electron chi connectivity index (χ4n) is 0.669. The maximum Gasteiger partial charge on any atom is 0.213 e. The third-order valence-electron chi connectivity index (χ3n) is 1.23. The first-order chi connectivity index (χ1) is 6.39. The quantitative estimate of drug-likeness (QED) is 0.663. The van der Waals surface area contributed by atoms with Crippen LogP contribution in [0.2, 0.25) is 0 Å². The number of rotatable bonds is 0. The Bertz CT molecular complexity index is 283. The van der Waals surface area contributed by atoms with Crippen LogP contribution < -0.4 is 0 Å². The van der Waals surface area contributed by atoms with Crippen LogP contribution in [0.1, 0.15) is 0 Å². The molecule has 0 atom stereocenters. The van der Waals surface area contributed by atoms with Crippen LogP contribution in [-0.2, 0) is 0 Å². The van der Waals surface area contributed by atoms with Crippen molar-refractivity contribution in [2.45, 2.75) is 0 Å². The summed E-state index contributed by atoms with van der Waals surface area (Å²) in [5.41, 5.74) is 0. The Balaban J connectivity index is 0.000000132. The van der Waals surface area contributed by atoms with Gasteiger partial charge < -0.3 is 5.11 Å². The highest BCUT2D eigenvalue weighted by Crippen LogP contribution is 1.94. The lowest BCUT2D eigenvalue weighted by molar-refractivity contribution is 0.452. The molecule has 0 saturated carbocycles. The van der Waals surface area contributed by atoms with E-state index in [9.17, 15) is 0 Å². The summed E-state index contributed by atoms with van der Waals surface area (Å²) in [6, 6.07) is 13.4. The van der Waals surface area contributed by atoms with Gasteiger partial charge in [0.1, 0.15) is 6.33 Å². The molecule has 0 fully saturated rings. The van der Waals surface area contributed by atoms with E-state index in [0.29, 0.717) is 0 Å². The number of nitrogens with zero attached hydrogens (tertiary/aromatic N) is 2. The molecule has 66 valence electrons. The summed E-state index contributed by atoms with van der Waals surface area (Å²) < 4.78 is 0. The second-order valence-electron chi connectivity index (χ2n) is 2.22. The molecule has 0 aliphatic carbocycles. The Hall–Kier alpha value is -1.90. The van der Waals surface area contributed by atoms with E-state index in [1.165, 1.54) is 18.6 Å². The monoisotopic (exact) mass is 174 g/mol. The van der Waals surface area contributed by atoms with E-state index in [4.69, 9.17) is 5.11 Å². The maximum absolute atomic E-state index is 8.48. The van der Waals surface area contributed by atoms with Crippen LogP contribution in [-0.4, -0.2) is 15.1 Å². The van der Waals surface area contributed by atoms with E-state index in [1.807, 2.05) is 36.4 Å². The summed E-state index contributed by atoms with van der Waals surface area (Å²) in [5.74, 6) is 0.00926. The van der Waals surface area contributed by atoms with E-state index in [-0.39, 0.29) is 5.88 Å². The largest absolute Gasteiger partial charge is 0.493 e. The van der Waals surface area contributed by atoms with E-state index in [0.717, 1.165) is 0 Å². The first-order valence-electron chi connectivity index (χ1n) is 3.84. The summed E-state index contributed by atoms with van der Waals surface area (Å²) in [7, 11) is 0. The molecule has 1 heterocycles. The zero-order valence-electron chi connectivity index (χ0n) is 7.04. The average molecular weight is 174 g/mol. The fraction of sp³-hybridized carbons (Fsp3) is 0. The number of hydrogen-bond acceptors (Lipinski definition) is 3. The molecule has 0 aliphatic rings. The van der Waals surface area contributed by atoms with Crippen LogP contribution in [0.5, 0.6) is 5.88 Å². The van der Waals surface area contributed by atoms with E-state index < -0.39 is 0 Å². The van der Waals surface area contributed by atoms with Crippen LogP contribution in [0.4, 0.5) is 0 Å². The predicted molar refractivity (Wildman–Crippen MR) is 50.1 cm³/mol. The smallest absolute Gasteiger partial charge is 0.213 e. The van der Waals surface area contributed by atoms with Gasteiger partial charge in [0.05, 0.1) is 0 Å². The minimum atomic E-state index is 0.00926. The molecule has 1 aromatic carbocycles. The first-order valence-corrected chi connectivity index (χ1v) is 3.84. The van der Waals surface area contributed by atoms with E-state index >= 15 is 0 Å². The van der Waals surface area contributed by atoms with Crippen molar-refractivity contribution < 1.29 is 5.11 Å². The highest BCUT2D eigenvalue weighted by molar-refractivity contribution is 5.00. The van der Waals surface area contributed by atoms with Crippen LogP contribution in [0, 0.1) is 0 Å². The van der Waals surface area contributed by atoms with Crippen molar-refractivity contribution in [3.05, 3.63) is 55.0 Å². The molecule has 0 unspecified atom stereocenters. The van der Waals surface area contributed by atoms with Gasteiger partial charge in [-0.25, -0.2) is 9.97 Å². The Morgan fingerprint density at radius 1 is 0.923 bits per heavy atom. The highest BCUT2D eigenvalue weighted by Gasteiger charge is 1.77. The zero-order chi connectivity index (χ0) is 9.36. The lowest BCUT2D eigenvalue weighted by Crippen LogP contribution is -1.71. The SMILES string of the molecule is Oc1ccncn1.c1ccccc1. The van der Waals surface area contributed by atoms with Crippen molar-refractivity contribution in [3.63, 3.8) is 0 Å². The molecule has 0 bridgehead atoms. The van der Waals surface area contributed by atoms with E-state index in [1.54, 1.807) is 0 Å².